The fraction of sp³-hybridized carbons (Fsp3) is 0.500. The molecule has 0 aliphatic carbocycles. The molecule has 2 fully saturated rings. The summed E-state index contributed by atoms with van der Waals surface area (Å²) < 4.78 is 10.3. The minimum absolute atomic E-state index is 0.195. The molecule has 4 unspecified atom stereocenters. The van der Waals surface area contributed by atoms with Crippen LogP contribution in [0.5, 0.6) is 0 Å². The first-order chi connectivity index (χ1) is 11.0. The number of β-lactam (4-membered cyclic amide) rings is 1. The Hall–Kier alpha value is -1.97. The summed E-state index contributed by atoms with van der Waals surface area (Å²) in [5, 5.41) is 13.7. The molecule has 1 aromatic rings. The highest BCUT2D eigenvalue weighted by atomic mass is 32.1. The highest BCUT2D eigenvalue weighted by Crippen LogP contribution is 2.33. The van der Waals surface area contributed by atoms with Crippen molar-refractivity contribution < 1.29 is 29.0 Å². The zero-order valence-electron chi connectivity index (χ0n) is 12.3. The van der Waals surface area contributed by atoms with Gasteiger partial charge in [-0.25, -0.2) is 4.79 Å². The molecule has 8 nitrogen and oxygen atoms in total. The standard InChI is InChI=1S/C14H16N2O6S/c1-21-10-6-8-11(12(18)16(8)13(22-10)14(19)20)15-9(17)5-7-3-2-4-23-7/h2-4,8,10-11,13H,5-6H2,1H3,(H,15,17)(H,19,20). The number of nitrogens with zero attached hydrogens (tertiary/aromatic N) is 1. The Morgan fingerprint density at radius 3 is 2.96 bits per heavy atom. The van der Waals surface area contributed by atoms with Crippen LogP contribution in [0.15, 0.2) is 17.5 Å². The summed E-state index contributed by atoms with van der Waals surface area (Å²) in [4.78, 5) is 37.5. The maximum absolute atomic E-state index is 12.2. The van der Waals surface area contributed by atoms with E-state index >= 15 is 0 Å². The molecular weight excluding hydrogens is 324 g/mol. The number of carbonyl (C=O) groups excluding carboxylic acids is 2. The quantitative estimate of drug-likeness (QED) is 0.719. The van der Waals surface area contributed by atoms with Crippen molar-refractivity contribution in [3.05, 3.63) is 22.4 Å². The number of carboxylic acid groups (broad SMARTS) is 1. The SMILES string of the molecule is COC1CC2C(NC(=O)Cc3cccs3)C(=O)N2C(C(=O)O)O1. The second-order valence-corrected chi connectivity index (χ2v) is 6.37. The molecule has 3 heterocycles. The fourth-order valence-electron chi connectivity index (χ4n) is 2.85. The minimum Gasteiger partial charge on any atom is -0.478 e. The van der Waals surface area contributed by atoms with Crippen LogP contribution >= 0.6 is 11.3 Å². The molecule has 1 aromatic heterocycles. The van der Waals surface area contributed by atoms with Crippen molar-refractivity contribution in [2.24, 2.45) is 0 Å². The third-order valence-corrected chi connectivity index (χ3v) is 4.81. The lowest BCUT2D eigenvalue weighted by molar-refractivity contribution is -0.262. The van der Waals surface area contributed by atoms with Crippen LogP contribution in [0.2, 0.25) is 0 Å². The lowest BCUT2D eigenvalue weighted by Gasteiger charge is -2.53. The number of carbonyl (C=O) groups is 3. The van der Waals surface area contributed by atoms with Crippen molar-refractivity contribution >= 4 is 29.1 Å². The number of thiophene rings is 1. The summed E-state index contributed by atoms with van der Waals surface area (Å²) >= 11 is 1.46. The first-order valence-corrected chi connectivity index (χ1v) is 7.94. The van der Waals surface area contributed by atoms with Gasteiger partial charge in [-0.3, -0.25) is 14.5 Å². The Bertz CT molecular complexity index is 619. The Morgan fingerprint density at radius 2 is 2.35 bits per heavy atom. The van der Waals surface area contributed by atoms with Gasteiger partial charge in [-0.15, -0.1) is 11.3 Å². The van der Waals surface area contributed by atoms with Crippen LogP contribution in [-0.2, 0) is 30.3 Å². The van der Waals surface area contributed by atoms with Crippen LogP contribution in [-0.4, -0.2) is 59.5 Å². The van der Waals surface area contributed by atoms with Crippen LogP contribution in [0.4, 0.5) is 0 Å². The number of amides is 2. The monoisotopic (exact) mass is 340 g/mol. The minimum atomic E-state index is -1.38. The van der Waals surface area contributed by atoms with E-state index in [0.717, 1.165) is 9.78 Å². The van der Waals surface area contributed by atoms with Gasteiger partial charge in [0, 0.05) is 18.4 Å². The summed E-state index contributed by atoms with van der Waals surface area (Å²) in [5.74, 6) is -1.97. The molecule has 0 saturated carbocycles. The van der Waals surface area contributed by atoms with Crippen molar-refractivity contribution in [2.75, 3.05) is 7.11 Å². The topological polar surface area (TPSA) is 105 Å². The summed E-state index contributed by atoms with van der Waals surface area (Å²) in [6.45, 7) is 0. The average molecular weight is 340 g/mol. The number of ether oxygens (including phenoxy) is 2. The number of methoxy groups -OCH3 is 1. The van der Waals surface area contributed by atoms with Gasteiger partial charge in [-0.1, -0.05) is 6.07 Å². The average Bonchev–Trinajstić information content (AvgIpc) is 3.03. The Balaban J connectivity index is 1.66. The Kier molecular flexibility index (Phi) is 4.33. The van der Waals surface area contributed by atoms with Gasteiger partial charge >= 0.3 is 5.97 Å². The van der Waals surface area contributed by atoms with Crippen LogP contribution in [0.3, 0.4) is 0 Å². The molecule has 0 spiro atoms. The zero-order chi connectivity index (χ0) is 16.6. The van der Waals surface area contributed by atoms with Gasteiger partial charge in [-0.05, 0) is 11.4 Å². The van der Waals surface area contributed by atoms with E-state index in [2.05, 4.69) is 5.32 Å². The Labute approximate surface area is 136 Å². The second kappa shape index (κ2) is 6.26. The molecule has 3 rings (SSSR count). The lowest BCUT2D eigenvalue weighted by Crippen LogP contribution is -2.77. The number of rotatable bonds is 5. The third-order valence-electron chi connectivity index (χ3n) is 3.94. The Morgan fingerprint density at radius 1 is 1.57 bits per heavy atom. The third kappa shape index (κ3) is 2.94. The van der Waals surface area contributed by atoms with Crippen molar-refractivity contribution in [3.8, 4) is 0 Å². The maximum Gasteiger partial charge on any atom is 0.354 e. The number of hydrogen-bond donors (Lipinski definition) is 2. The van der Waals surface area contributed by atoms with Gasteiger partial charge in [-0.2, -0.15) is 0 Å². The summed E-state index contributed by atoms with van der Waals surface area (Å²) in [7, 11) is 1.41. The van der Waals surface area contributed by atoms with Gasteiger partial charge in [0.25, 0.3) is 0 Å². The van der Waals surface area contributed by atoms with Gasteiger partial charge in [0.1, 0.15) is 6.04 Å². The number of carboxylic acids is 1. The van der Waals surface area contributed by atoms with Gasteiger partial charge < -0.3 is 19.9 Å². The molecule has 9 heteroatoms. The molecule has 2 N–H and O–H groups in total. The van der Waals surface area contributed by atoms with Gasteiger partial charge in [0.05, 0.1) is 12.5 Å². The summed E-state index contributed by atoms with van der Waals surface area (Å²) in [6.07, 6.45) is -1.59. The van der Waals surface area contributed by atoms with Crippen molar-refractivity contribution in [3.63, 3.8) is 0 Å². The van der Waals surface area contributed by atoms with E-state index in [1.165, 1.54) is 18.4 Å². The van der Waals surface area contributed by atoms with Crippen LogP contribution in [0.25, 0.3) is 0 Å². The molecule has 2 aliphatic rings. The molecule has 0 bridgehead atoms. The fourth-order valence-corrected chi connectivity index (χ4v) is 3.55. The molecular formula is C14H16N2O6S. The van der Waals surface area contributed by atoms with Crippen molar-refractivity contribution in [1.29, 1.82) is 0 Å². The molecule has 2 amide bonds. The number of nitrogens with one attached hydrogen (secondary N) is 1. The second-order valence-electron chi connectivity index (χ2n) is 5.34. The van der Waals surface area contributed by atoms with Crippen molar-refractivity contribution in [2.45, 2.75) is 37.4 Å². The van der Waals surface area contributed by atoms with Crippen LogP contribution in [0.1, 0.15) is 11.3 Å². The summed E-state index contributed by atoms with van der Waals surface area (Å²) in [5.41, 5.74) is 0. The molecule has 0 radical (unpaired) electrons. The van der Waals surface area contributed by atoms with Gasteiger partial charge in [0.2, 0.25) is 18.0 Å². The zero-order valence-corrected chi connectivity index (χ0v) is 13.1. The molecule has 0 aromatic carbocycles. The highest BCUT2D eigenvalue weighted by molar-refractivity contribution is 7.10. The normalized spacial score (nSPS) is 29.6. The largest absolute Gasteiger partial charge is 0.478 e. The number of hydrogen-bond acceptors (Lipinski definition) is 6. The lowest BCUT2D eigenvalue weighted by atomic mass is 9.89. The molecule has 2 aliphatic heterocycles. The van der Waals surface area contributed by atoms with E-state index in [0.29, 0.717) is 6.42 Å². The van der Waals surface area contributed by atoms with Crippen molar-refractivity contribution in [1.82, 2.24) is 10.2 Å². The van der Waals surface area contributed by atoms with Gasteiger partial charge in [0.15, 0.2) is 6.29 Å². The van der Waals surface area contributed by atoms with Crippen LogP contribution < -0.4 is 5.32 Å². The molecule has 2 saturated heterocycles. The first-order valence-electron chi connectivity index (χ1n) is 7.06. The highest BCUT2D eigenvalue weighted by Gasteiger charge is 2.57. The summed E-state index contributed by atoms with van der Waals surface area (Å²) in [6, 6.07) is 2.53. The van der Waals surface area contributed by atoms with E-state index in [-0.39, 0.29) is 12.3 Å². The van der Waals surface area contributed by atoms with Crippen LogP contribution in [0, 0.1) is 0 Å². The molecule has 23 heavy (non-hydrogen) atoms. The molecule has 4 atom stereocenters. The first kappa shape index (κ1) is 15.9. The van der Waals surface area contributed by atoms with E-state index in [1.807, 2.05) is 17.5 Å². The maximum atomic E-state index is 12.2. The predicted octanol–water partition coefficient (Wildman–Crippen LogP) is -0.210. The smallest absolute Gasteiger partial charge is 0.354 e. The molecule has 124 valence electrons. The van der Waals surface area contributed by atoms with E-state index in [1.54, 1.807) is 0 Å². The number of fused-ring (bicyclic) bond motifs is 1. The predicted molar refractivity (Wildman–Crippen MR) is 78.5 cm³/mol. The van der Waals surface area contributed by atoms with E-state index < -0.39 is 36.5 Å². The number of aliphatic carboxylic acids is 1. The van der Waals surface area contributed by atoms with E-state index in [9.17, 15) is 19.5 Å². The van der Waals surface area contributed by atoms with E-state index in [4.69, 9.17) is 9.47 Å².